The van der Waals surface area contributed by atoms with Crippen molar-refractivity contribution in [2.24, 2.45) is 0 Å². The Labute approximate surface area is 89.6 Å². The summed E-state index contributed by atoms with van der Waals surface area (Å²) in [6.07, 6.45) is 1.68. The first-order valence-electron chi connectivity index (χ1n) is 5.31. The van der Waals surface area contributed by atoms with Gasteiger partial charge >= 0.3 is 0 Å². The van der Waals surface area contributed by atoms with Gasteiger partial charge in [-0.05, 0) is 43.0 Å². The normalized spacial score (nSPS) is 14.0. The highest BCUT2D eigenvalue weighted by molar-refractivity contribution is 5.47. The Hall–Kier alpha value is -1.22. The highest BCUT2D eigenvalue weighted by Crippen LogP contribution is 2.33. The maximum absolute atomic E-state index is 8.80. The fourth-order valence-electron chi connectivity index (χ4n) is 1.77. The summed E-state index contributed by atoms with van der Waals surface area (Å²) in [6, 6.07) is 4.04. The molecule has 0 radical (unpaired) electrons. The molecular formula is C12H16O3. The molecule has 3 heteroatoms. The molecule has 1 aliphatic heterocycles. The fraction of sp³-hybridized carbons (Fsp3) is 0.500. The molecule has 0 saturated heterocycles. The van der Waals surface area contributed by atoms with Gasteiger partial charge in [-0.2, -0.15) is 0 Å². The van der Waals surface area contributed by atoms with Gasteiger partial charge in [-0.15, -0.1) is 0 Å². The topological polar surface area (TPSA) is 38.7 Å². The van der Waals surface area contributed by atoms with Crippen LogP contribution in [-0.4, -0.2) is 24.9 Å². The van der Waals surface area contributed by atoms with Gasteiger partial charge < -0.3 is 14.6 Å². The molecule has 3 nitrogen and oxygen atoms in total. The number of aliphatic hydroxyl groups is 1. The molecule has 0 aliphatic carbocycles. The van der Waals surface area contributed by atoms with Gasteiger partial charge in [0.25, 0.3) is 0 Å². The lowest BCUT2D eigenvalue weighted by Gasteiger charge is -2.20. The van der Waals surface area contributed by atoms with E-state index in [4.69, 9.17) is 14.6 Å². The fourth-order valence-corrected chi connectivity index (χ4v) is 1.77. The molecular weight excluding hydrogens is 192 g/mol. The first-order chi connectivity index (χ1) is 7.31. The number of hydrogen-bond acceptors (Lipinski definition) is 3. The lowest BCUT2D eigenvalue weighted by atomic mass is 10.0. The van der Waals surface area contributed by atoms with Crippen LogP contribution in [0.15, 0.2) is 12.1 Å². The first kappa shape index (κ1) is 10.3. The summed E-state index contributed by atoms with van der Waals surface area (Å²) in [5.41, 5.74) is 2.43. The third-order valence-electron chi connectivity index (χ3n) is 2.60. The zero-order valence-electron chi connectivity index (χ0n) is 8.95. The van der Waals surface area contributed by atoms with E-state index in [0.29, 0.717) is 13.2 Å². The standard InChI is InChI=1S/C12H16O3/c1-9-7-11-12(15-6-5-14-11)8-10(9)3-2-4-13/h7-8,13H,2-6H2,1H3. The van der Waals surface area contributed by atoms with Crippen LogP contribution in [0.5, 0.6) is 11.5 Å². The molecule has 0 fully saturated rings. The predicted octanol–water partition coefficient (Wildman–Crippen LogP) is 1.69. The van der Waals surface area contributed by atoms with Crippen molar-refractivity contribution >= 4 is 0 Å². The van der Waals surface area contributed by atoms with E-state index in [1.165, 1.54) is 11.1 Å². The molecule has 0 bridgehead atoms. The Bertz CT molecular complexity index is 347. The molecule has 15 heavy (non-hydrogen) atoms. The van der Waals surface area contributed by atoms with Gasteiger partial charge in [-0.25, -0.2) is 0 Å². The minimum Gasteiger partial charge on any atom is -0.486 e. The van der Waals surface area contributed by atoms with E-state index in [-0.39, 0.29) is 6.61 Å². The Kier molecular flexibility index (Phi) is 3.11. The molecule has 82 valence electrons. The lowest BCUT2D eigenvalue weighted by Crippen LogP contribution is -2.15. The molecule has 1 aromatic carbocycles. The number of fused-ring (bicyclic) bond motifs is 1. The van der Waals surface area contributed by atoms with Crippen molar-refractivity contribution in [3.8, 4) is 11.5 Å². The van der Waals surface area contributed by atoms with Crippen molar-refractivity contribution in [3.63, 3.8) is 0 Å². The zero-order valence-corrected chi connectivity index (χ0v) is 8.95. The van der Waals surface area contributed by atoms with Gasteiger partial charge in [0.2, 0.25) is 0 Å². The smallest absolute Gasteiger partial charge is 0.161 e. The second-order valence-electron chi connectivity index (χ2n) is 3.75. The SMILES string of the molecule is Cc1cc2c(cc1CCCO)OCCO2. The molecule has 0 atom stereocenters. The number of hydrogen-bond donors (Lipinski definition) is 1. The molecule has 2 rings (SSSR count). The van der Waals surface area contributed by atoms with Crippen molar-refractivity contribution in [3.05, 3.63) is 23.3 Å². The summed E-state index contributed by atoms with van der Waals surface area (Å²) < 4.78 is 11.0. The minimum atomic E-state index is 0.230. The molecule has 1 N–H and O–H groups in total. The van der Waals surface area contributed by atoms with E-state index in [9.17, 15) is 0 Å². The predicted molar refractivity (Wildman–Crippen MR) is 57.6 cm³/mol. The van der Waals surface area contributed by atoms with Crippen molar-refractivity contribution < 1.29 is 14.6 Å². The van der Waals surface area contributed by atoms with Crippen molar-refractivity contribution in [2.45, 2.75) is 19.8 Å². The van der Waals surface area contributed by atoms with Crippen LogP contribution in [0, 0.1) is 6.92 Å². The maximum atomic E-state index is 8.80. The molecule has 1 aliphatic rings. The summed E-state index contributed by atoms with van der Waals surface area (Å²) in [7, 11) is 0. The van der Waals surface area contributed by atoms with Crippen LogP contribution in [0.1, 0.15) is 17.5 Å². The van der Waals surface area contributed by atoms with Gasteiger partial charge in [0, 0.05) is 6.61 Å². The first-order valence-corrected chi connectivity index (χ1v) is 5.31. The highest BCUT2D eigenvalue weighted by Gasteiger charge is 2.13. The largest absolute Gasteiger partial charge is 0.486 e. The summed E-state index contributed by atoms with van der Waals surface area (Å²) >= 11 is 0. The Morgan fingerprint density at radius 1 is 1.20 bits per heavy atom. The van der Waals surface area contributed by atoms with Crippen molar-refractivity contribution in [2.75, 3.05) is 19.8 Å². The van der Waals surface area contributed by atoms with Gasteiger partial charge in [0.1, 0.15) is 13.2 Å². The second-order valence-corrected chi connectivity index (χ2v) is 3.75. The third kappa shape index (κ3) is 2.23. The van der Waals surface area contributed by atoms with Gasteiger partial charge in [0.05, 0.1) is 0 Å². The Morgan fingerprint density at radius 3 is 2.53 bits per heavy atom. The van der Waals surface area contributed by atoms with Crippen molar-refractivity contribution in [1.82, 2.24) is 0 Å². The van der Waals surface area contributed by atoms with Gasteiger partial charge in [-0.3, -0.25) is 0 Å². The van der Waals surface area contributed by atoms with E-state index < -0.39 is 0 Å². The summed E-state index contributed by atoms with van der Waals surface area (Å²) in [4.78, 5) is 0. The van der Waals surface area contributed by atoms with Crippen LogP contribution in [0.3, 0.4) is 0 Å². The van der Waals surface area contributed by atoms with Crippen molar-refractivity contribution in [1.29, 1.82) is 0 Å². The van der Waals surface area contributed by atoms with Gasteiger partial charge in [-0.1, -0.05) is 0 Å². The summed E-state index contributed by atoms with van der Waals surface area (Å²) in [5, 5.41) is 8.80. The van der Waals surface area contributed by atoms with E-state index in [1.807, 2.05) is 12.1 Å². The van der Waals surface area contributed by atoms with Crippen LogP contribution in [-0.2, 0) is 6.42 Å². The van der Waals surface area contributed by atoms with Crippen LogP contribution in [0.2, 0.25) is 0 Å². The van der Waals surface area contributed by atoms with Gasteiger partial charge in [0.15, 0.2) is 11.5 Å². The van der Waals surface area contributed by atoms with Crippen LogP contribution in [0.4, 0.5) is 0 Å². The number of rotatable bonds is 3. The number of ether oxygens (including phenoxy) is 2. The molecule has 0 unspecified atom stereocenters. The van der Waals surface area contributed by atoms with E-state index in [1.54, 1.807) is 0 Å². The Balaban J connectivity index is 2.24. The average Bonchev–Trinajstić information content (AvgIpc) is 2.26. The minimum absolute atomic E-state index is 0.230. The molecule has 0 spiro atoms. The third-order valence-corrected chi connectivity index (χ3v) is 2.60. The van der Waals surface area contributed by atoms with Crippen LogP contribution < -0.4 is 9.47 Å². The van der Waals surface area contributed by atoms with Crippen LogP contribution in [0.25, 0.3) is 0 Å². The maximum Gasteiger partial charge on any atom is 0.161 e. The lowest BCUT2D eigenvalue weighted by molar-refractivity contribution is 0.171. The van der Waals surface area contributed by atoms with Crippen LogP contribution >= 0.6 is 0 Å². The van der Waals surface area contributed by atoms with E-state index >= 15 is 0 Å². The monoisotopic (exact) mass is 208 g/mol. The molecule has 1 heterocycles. The zero-order chi connectivity index (χ0) is 10.7. The quantitative estimate of drug-likeness (QED) is 0.821. The Morgan fingerprint density at radius 2 is 1.87 bits per heavy atom. The number of benzene rings is 1. The second kappa shape index (κ2) is 4.53. The van der Waals surface area contributed by atoms with E-state index in [2.05, 4.69) is 6.92 Å². The highest BCUT2D eigenvalue weighted by atomic mass is 16.6. The number of aryl methyl sites for hydroxylation is 2. The summed E-state index contributed by atoms with van der Waals surface area (Å²) in [6.45, 7) is 3.54. The van der Waals surface area contributed by atoms with E-state index in [0.717, 1.165) is 24.3 Å². The molecule has 1 aromatic rings. The molecule has 0 aromatic heterocycles. The molecule has 0 saturated carbocycles. The molecule has 0 amide bonds. The average molecular weight is 208 g/mol. The number of aliphatic hydroxyl groups excluding tert-OH is 1. The summed E-state index contributed by atoms with van der Waals surface area (Å²) in [5.74, 6) is 1.67.